The van der Waals surface area contributed by atoms with Crippen LogP contribution >= 0.6 is 11.6 Å². The molecule has 3 rings (SSSR count). The molecule has 2 aromatic carbocycles. The van der Waals surface area contributed by atoms with Crippen molar-refractivity contribution in [1.29, 1.82) is 0 Å². The van der Waals surface area contributed by atoms with Crippen LogP contribution in [0.4, 0.5) is 10.5 Å². The number of rotatable bonds is 7. The minimum Gasteiger partial charge on any atom is -0.455 e. The Labute approximate surface area is 164 Å². The molecule has 0 atom stereocenters. The molecule has 144 valence electrons. The average Bonchev–Trinajstić information content (AvgIpc) is 2.69. The van der Waals surface area contributed by atoms with Crippen LogP contribution in [0.15, 0.2) is 48.5 Å². The van der Waals surface area contributed by atoms with Gasteiger partial charge in [-0.3, -0.25) is 4.90 Å². The molecule has 0 aliphatic carbocycles. The number of hydrogen-bond acceptors (Lipinski definition) is 4. The van der Waals surface area contributed by atoms with Gasteiger partial charge in [0.25, 0.3) is 0 Å². The Morgan fingerprint density at radius 1 is 1.15 bits per heavy atom. The highest BCUT2D eigenvalue weighted by molar-refractivity contribution is 6.31. The number of halogens is 1. The van der Waals surface area contributed by atoms with Crippen LogP contribution < -0.4 is 15.4 Å². The van der Waals surface area contributed by atoms with E-state index in [2.05, 4.69) is 15.5 Å². The zero-order valence-electron chi connectivity index (χ0n) is 15.1. The highest BCUT2D eigenvalue weighted by Crippen LogP contribution is 2.31. The number of anilines is 1. The summed E-state index contributed by atoms with van der Waals surface area (Å²) in [6.45, 7) is 5.02. The molecule has 1 aliphatic heterocycles. The lowest BCUT2D eigenvalue weighted by atomic mass is 10.3. The first-order valence-corrected chi connectivity index (χ1v) is 9.46. The highest BCUT2D eigenvalue weighted by Gasteiger charge is 2.11. The van der Waals surface area contributed by atoms with Gasteiger partial charge in [-0.25, -0.2) is 4.79 Å². The molecule has 7 heteroatoms. The van der Waals surface area contributed by atoms with E-state index in [-0.39, 0.29) is 6.03 Å². The van der Waals surface area contributed by atoms with Crippen molar-refractivity contribution in [2.45, 2.75) is 6.42 Å². The minimum absolute atomic E-state index is 0.280. The maximum atomic E-state index is 12.2. The molecular weight excluding hydrogens is 366 g/mol. The maximum Gasteiger partial charge on any atom is 0.319 e. The number of carbonyl (C=O) groups excluding carboxylic acids is 1. The second-order valence-electron chi connectivity index (χ2n) is 6.24. The quantitative estimate of drug-likeness (QED) is 0.703. The molecule has 0 spiro atoms. The Balaban J connectivity index is 1.49. The van der Waals surface area contributed by atoms with E-state index < -0.39 is 0 Å². The number of para-hydroxylation sites is 1. The molecule has 0 unspecified atom stereocenters. The fourth-order valence-electron chi connectivity index (χ4n) is 2.80. The summed E-state index contributed by atoms with van der Waals surface area (Å²) < 4.78 is 11.2. The number of urea groups is 1. The van der Waals surface area contributed by atoms with Crippen molar-refractivity contribution in [3.8, 4) is 11.5 Å². The summed E-state index contributed by atoms with van der Waals surface area (Å²) >= 11 is 6.07. The van der Waals surface area contributed by atoms with E-state index in [9.17, 15) is 4.79 Å². The van der Waals surface area contributed by atoms with Gasteiger partial charge >= 0.3 is 6.03 Å². The molecule has 6 nitrogen and oxygen atoms in total. The number of morpholine rings is 1. The summed E-state index contributed by atoms with van der Waals surface area (Å²) in [4.78, 5) is 14.6. The second kappa shape index (κ2) is 10.2. The SMILES string of the molecule is O=C(NCCCN1CCOCC1)Nc1cc(Cl)ccc1Oc1ccccc1. The Morgan fingerprint density at radius 3 is 2.70 bits per heavy atom. The van der Waals surface area contributed by atoms with Crippen LogP contribution in [0.2, 0.25) is 5.02 Å². The van der Waals surface area contributed by atoms with Crippen molar-refractivity contribution in [3.63, 3.8) is 0 Å². The Bertz CT molecular complexity index is 737. The topological polar surface area (TPSA) is 62.8 Å². The molecule has 0 saturated carbocycles. The summed E-state index contributed by atoms with van der Waals surface area (Å²) in [5, 5.41) is 6.22. The molecule has 1 heterocycles. The fraction of sp³-hybridized carbons (Fsp3) is 0.350. The van der Waals surface area contributed by atoms with Crippen molar-refractivity contribution in [2.75, 3.05) is 44.7 Å². The monoisotopic (exact) mass is 389 g/mol. The molecule has 2 N–H and O–H groups in total. The number of benzene rings is 2. The molecule has 1 fully saturated rings. The lowest BCUT2D eigenvalue weighted by Gasteiger charge is -2.26. The third kappa shape index (κ3) is 6.43. The summed E-state index contributed by atoms with van der Waals surface area (Å²) in [5.41, 5.74) is 0.525. The first-order chi connectivity index (χ1) is 13.2. The van der Waals surface area contributed by atoms with Gasteiger partial charge in [-0.1, -0.05) is 29.8 Å². The summed E-state index contributed by atoms with van der Waals surface area (Å²) in [5.74, 6) is 1.22. The van der Waals surface area contributed by atoms with E-state index >= 15 is 0 Å². The largest absolute Gasteiger partial charge is 0.455 e. The molecule has 27 heavy (non-hydrogen) atoms. The fourth-order valence-corrected chi connectivity index (χ4v) is 2.97. The number of amides is 2. The predicted octanol–water partition coefficient (Wildman–Crippen LogP) is 3.98. The molecule has 0 bridgehead atoms. The number of carbonyl (C=O) groups is 1. The van der Waals surface area contributed by atoms with Gasteiger partial charge < -0.3 is 20.1 Å². The van der Waals surface area contributed by atoms with Gasteiger partial charge in [0.2, 0.25) is 0 Å². The van der Waals surface area contributed by atoms with Gasteiger partial charge in [0.1, 0.15) is 5.75 Å². The van der Waals surface area contributed by atoms with Crippen LogP contribution in [0.1, 0.15) is 6.42 Å². The van der Waals surface area contributed by atoms with Crippen LogP contribution in [0, 0.1) is 0 Å². The van der Waals surface area contributed by atoms with Crippen molar-refractivity contribution >= 4 is 23.3 Å². The van der Waals surface area contributed by atoms with Gasteiger partial charge in [-0.05, 0) is 43.3 Å². The molecular formula is C20H24ClN3O3. The Morgan fingerprint density at radius 2 is 1.93 bits per heavy atom. The van der Waals surface area contributed by atoms with Gasteiger partial charge in [-0.2, -0.15) is 0 Å². The van der Waals surface area contributed by atoms with Crippen LogP contribution in [-0.4, -0.2) is 50.3 Å². The normalized spacial score (nSPS) is 14.6. The van der Waals surface area contributed by atoms with E-state index in [1.807, 2.05) is 30.3 Å². The predicted molar refractivity (Wildman–Crippen MR) is 107 cm³/mol. The number of ether oxygens (including phenoxy) is 2. The summed E-state index contributed by atoms with van der Waals surface area (Å²) in [7, 11) is 0. The van der Waals surface area contributed by atoms with E-state index in [1.165, 1.54) is 0 Å². The lowest BCUT2D eigenvalue weighted by molar-refractivity contribution is 0.0375. The van der Waals surface area contributed by atoms with Crippen molar-refractivity contribution < 1.29 is 14.3 Å². The number of nitrogens with one attached hydrogen (secondary N) is 2. The number of hydrogen-bond donors (Lipinski definition) is 2. The van der Waals surface area contributed by atoms with Gasteiger partial charge in [0.15, 0.2) is 5.75 Å². The Hall–Kier alpha value is -2.28. The van der Waals surface area contributed by atoms with Crippen molar-refractivity contribution in [1.82, 2.24) is 10.2 Å². The Kier molecular flexibility index (Phi) is 7.33. The van der Waals surface area contributed by atoms with E-state index in [0.717, 1.165) is 39.3 Å². The zero-order valence-corrected chi connectivity index (χ0v) is 15.9. The summed E-state index contributed by atoms with van der Waals surface area (Å²) in [6, 6.07) is 14.3. The lowest BCUT2D eigenvalue weighted by Crippen LogP contribution is -2.38. The zero-order chi connectivity index (χ0) is 18.9. The van der Waals surface area contributed by atoms with Gasteiger partial charge in [0, 0.05) is 24.7 Å². The maximum absolute atomic E-state index is 12.2. The molecule has 1 saturated heterocycles. The van der Waals surface area contributed by atoms with Gasteiger partial charge in [0.05, 0.1) is 18.9 Å². The molecule has 2 amide bonds. The van der Waals surface area contributed by atoms with Gasteiger partial charge in [-0.15, -0.1) is 0 Å². The molecule has 0 radical (unpaired) electrons. The smallest absolute Gasteiger partial charge is 0.319 e. The first kappa shape index (κ1) is 19.5. The standard InChI is InChI=1S/C20H24ClN3O3/c21-16-7-8-19(27-17-5-2-1-3-6-17)18(15-16)23-20(25)22-9-4-10-24-11-13-26-14-12-24/h1-3,5-8,15H,4,9-14H2,(H2,22,23,25). The van der Waals surface area contributed by atoms with Crippen LogP contribution in [-0.2, 0) is 4.74 Å². The third-order valence-corrected chi connectivity index (χ3v) is 4.44. The molecule has 2 aromatic rings. The first-order valence-electron chi connectivity index (χ1n) is 9.08. The van der Waals surface area contributed by atoms with Crippen LogP contribution in [0.5, 0.6) is 11.5 Å². The third-order valence-electron chi connectivity index (χ3n) is 4.20. The minimum atomic E-state index is -0.280. The van der Waals surface area contributed by atoms with E-state index in [0.29, 0.717) is 28.8 Å². The average molecular weight is 390 g/mol. The molecule has 1 aliphatic rings. The van der Waals surface area contributed by atoms with Crippen molar-refractivity contribution in [3.05, 3.63) is 53.6 Å². The summed E-state index contributed by atoms with van der Waals surface area (Å²) in [6.07, 6.45) is 0.885. The molecule has 0 aromatic heterocycles. The van der Waals surface area contributed by atoms with E-state index in [4.69, 9.17) is 21.1 Å². The van der Waals surface area contributed by atoms with Crippen LogP contribution in [0.3, 0.4) is 0 Å². The van der Waals surface area contributed by atoms with Crippen LogP contribution in [0.25, 0.3) is 0 Å². The van der Waals surface area contributed by atoms with Crippen molar-refractivity contribution in [2.24, 2.45) is 0 Å². The second-order valence-corrected chi connectivity index (χ2v) is 6.68. The number of nitrogens with zero attached hydrogens (tertiary/aromatic N) is 1. The highest BCUT2D eigenvalue weighted by atomic mass is 35.5. The van der Waals surface area contributed by atoms with E-state index in [1.54, 1.807) is 18.2 Å².